The van der Waals surface area contributed by atoms with E-state index in [0.29, 0.717) is 0 Å². The average molecular weight is 608 g/mol. The van der Waals surface area contributed by atoms with Crippen molar-refractivity contribution >= 4 is 85.0 Å². The molecule has 4 aromatic rings. The van der Waals surface area contributed by atoms with Gasteiger partial charge in [0.2, 0.25) is 0 Å². The van der Waals surface area contributed by atoms with Crippen molar-refractivity contribution in [1.29, 1.82) is 0 Å². The molecular formula is C27H14I2O. The van der Waals surface area contributed by atoms with E-state index < -0.39 is 0 Å². The summed E-state index contributed by atoms with van der Waals surface area (Å²) in [6, 6.07) is 25.1. The summed E-state index contributed by atoms with van der Waals surface area (Å²) in [5, 5.41) is 4.55. The van der Waals surface area contributed by atoms with Crippen LogP contribution in [0.25, 0.3) is 34.1 Å². The number of halogens is 2. The Balaban J connectivity index is 1.82. The Hall–Kier alpha value is -2.25. The van der Waals surface area contributed by atoms with Crippen molar-refractivity contribution < 1.29 is 4.79 Å². The molecule has 0 atom stereocenters. The normalized spacial score (nSPS) is 14.1. The number of ketones is 1. The molecule has 0 heterocycles. The van der Waals surface area contributed by atoms with Crippen LogP contribution >= 0.6 is 45.2 Å². The van der Waals surface area contributed by atoms with Gasteiger partial charge in [0.1, 0.15) is 0 Å². The van der Waals surface area contributed by atoms with Gasteiger partial charge in [-0.15, -0.1) is 0 Å². The fourth-order valence-electron chi connectivity index (χ4n) is 4.62. The number of carbonyl (C=O) groups is 1. The number of rotatable bonds is 2. The summed E-state index contributed by atoms with van der Waals surface area (Å²) in [6.45, 7) is 0. The number of hydrogen-bond acceptors (Lipinski definition) is 1. The zero-order valence-electron chi connectivity index (χ0n) is 15.7. The molecule has 0 aromatic heterocycles. The third kappa shape index (κ3) is 2.68. The molecular weight excluding hydrogens is 594 g/mol. The van der Waals surface area contributed by atoms with Crippen LogP contribution in [0.1, 0.15) is 22.3 Å². The summed E-state index contributed by atoms with van der Waals surface area (Å²) in [5.74, 6) is 0.112. The van der Waals surface area contributed by atoms with E-state index in [9.17, 15) is 4.79 Å². The van der Waals surface area contributed by atoms with Crippen LogP contribution in [0.15, 0.2) is 72.8 Å². The molecule has 0 saturated carbocycles. The first-order chi connectivity index (χ1) is 14.6. The molecule has 0 aliphatic heterocycles. The zero-order valence-corrected chi connectivity index (χ0v) is 20.1. The lowest BCUT2D eigenvalue weighted by atomic mass is 9.96. The number of hydrogen-bond donors (Lipinski definition) is 0. The van der Waals surface area contributed by atoms with E-state index in [0.717, 1.165) is 39.9 Å². The topological polar surface area (TPSA) is 17.1 Å². The molecule has 3 heteroatoms. The third-order valence-electron chi connectivity index (χ3n) is 5.91. The minimum absolute atomic E-state index is 0.112. The summed E-state index contributed by atoms with van der Waals surface area (Å²) in [7, 11) is 0. The molecule has 142 valence electrons. The van der Waals surface area contributed by atoms with Crippen LogP contribution < -0.4 is 10.4 Å². The summed E-state index contributed by atoms with van der Waals surface area (Å²) < 4.78 is 2.32. The summed E-state index contributed by atoms with van der Waals surface area (Å²) in [6.07, 6.45) is 4.34. The first-order valence-corrected chi connectivity index (χ1v) is 11.9. The fourth-order valence-corrected chi connectivity index (χ4v) is 5.34. The minimum Gasteiger partial charge on any atom is -0.289 e. The minimum atomic E-state index is 0.112. The van der Waals surface area contributed by atoms with Gasteiger partial charge in [0.15, 0.2) is 5.78 Å². The van der Waals surface area contributed by atoms with Crippen molar-refractivity contribution in [3.63, 3.8) is 0 Å². The molecule has 0 N–H and O–H groups in total. The van der Waals surface area contributed by atoms with E-state index in [1.165, 1.54) is 21.9 Å². The van der Waals surface area contributed by atoms with Crippen molar-refractivity contribution in [2.24, 2.45) is 0 Å². The largest absolute Gasteiger partial charge is 0.289 e. The number of fused-ring (bicyclic) bond motifs is 2. The Bertz CT molecular complexity index is 1540. The van der Waals surface area contributed by atoms with E-state index in [1.807, 2.05) is 0 Å². The SMILES string of the molecule is O=C1C(c2ccc(I)cc2)=c2cc3cccc4c3c(c2=C1c1ccc(I)cc1)C=C4. The zero-order chi connectivity index (χ0) is 20.4. The Morgan fingerprint density at radius 1 is 0.667 bits per heavy atom. The van der Waals surface area contributed by atoms with Crippen LogP contribution in [0.3, 0.4) is 0 Å². The van der Waals surface area contributed by atoms with Gasteiger partial charge in [0.05, 0.1) is 0 Å². The molecule has 0 spiro atoms. The molecule has 0 radical (unpaired) electrons. The van der Waals surface area contributed by atoms with Crippen LogP contribution in [-0.4, -0.2) is 5.78 Å². The summed E-state index contributed by atoms with van der Waals surface area (Å²) in [5.41, 5.74) is 5.97. The second-order valence-electron chi connectivity index (χ2n) is 7.58. The van der Waals surface area contributed by atoms with Gasteiger partial charge in [0, 0.05) is 23.5 Å². The highest BCUT2D eigenvalue weighted by Crippen LogP contribution is 2.32. The standard InChI is InChI=1S/C27H14I2O/c28-19-9-4-16(5-10-19)24-22-14-18-3-1-2-15-8-13-21(23(15)18)26(22)25(27(24)30)17-6-11-20(29)12-7-17/h1-14H. The molecule has 2 aliphatic rings. The number of carbonyl (C=O) groups excluding carboxylic acids is 1. The first kappa shape index (κ1) is 18.5. The maximum absolute atomic E-state index is 13.9. The molecule has 6 rings (SSSR count). The van der Waals surface area contributed by atoms with Crippen LogP contribution in [0.2, 0.25) is 0 Å². The summed E-state index contributed by atoms with van der Waals surface area (Å²) >= 11 is 4.61. The molecule has 0 bridgehead atoms. The monoisotopic (exact) mass is 608 g/mol. The van der Waals surface area contributed by atoms with Gasteiger partial charge in [-0.05, 0) is 114 Å². The molecule has 0 amide bonds. The van der Waals surface area contributed by atoms with Gasteiger partial charge in [-0.2, -0.15) is 0 Å². The van der Waals surface area contributed by atoms with Crippen LogP contribution in [-0.2, 0) is 4.79 Å². The van der Waals surface area contributed by atoms with Crippen molar-refractivity contribution in [1.82, 2.24) is 0 Å². The lowest BCUT2D eigenvalue weighted by molar-refractivity contribution is -0.108. The fraction of sp³-hybridized carbons (Fsp3) is 0. The smallest absolute Gasteiger partial charge is 0.195 e. The second kappa shape index (κ2) is 6.89. The quantitative estimate of drug-likeness (QED) is 0.242. The maximum Gasteiger partial charge on any atom is 0.195 e. The lowest BCUT2D eigenvalue weighted by Gasteiger charge is -2.07. The van der Waals surface area contributed by atoms with Crippen molar-refractivity contribution in [3.05, 3.63) is 113 Å². The Morgan fingerprint density at radius 3 is 1.97 bits per heavy atom. The van der Waals surface area contributed by atoms with E-state index in [1.54, 1.807) is 0 Å². The maximum atomic E-state index is 13.9. The van der Waals surface area contributed by atoms with Crippen molar-refractivity contribution in [2.75, 3.05) is 0 Å². The van der Waals surface area contributed by atoms with Crippen molar-refractivity contribution in [3.8, 4) is 0 Å². The lowest BCUT2D eigenvalue weighted by Crippen LogP contribution is -2.27. The highest BCUT2D eigenvalue weighted by atomic mass is 127. The highest BCUT2D eigenvalue weighted by molar-refractivity contribution is 14.1. The number of benzene rings is 4. The van der Waals surface area contributed by atoms with Gasteiger partial charge in [-0.3, -0.25) is 4.79 Å². The van der Waals surface area contributed by atoms with Gasteiger partial charge in [-0.25, -0.2) is 0 Å². The molecule has 0 saturated heterocycles. The van der Waals surface area contributed by atoms with Gasteiger partial charge in [0.25, 0.3) is 0 Å². The van der Waals surface area contributed by atoms with Crippen molar-refractivity contribution in [2.45, 2.75) is 0 Å². The Morgan fingerprint density at radius 2 is 1.30 bits per heavy atom. The van der Waals surface area contributed by atoms with Crippen LogP contribution in [0.5, 0.6) is 0 Å². The molecule has 2 aliphatic carbocycles. The second-order valence-corrected chi connectivity index (χ2v) is 10.1. The molecule has 0 unspecified atom stereocenters. The van der Waals surface area contributed by atoms with Gasteiger partial charge in [-0.1, -0.05) is 54.6 Å². The van der Waals surface area contributed by atoms with Crippen LogP contribution in [0, 0.1) is 7.14 Å². The van der Waals surface area contributed by atoms with Gasteiger partial charge >= 0.3 is 0 Å². The predicted octanol–water partition coefficient (Wildman–Crippen LogP) is 5.51. The molecule has 30 heavy (non-hydrogen) atoms. The number of Topliss-reactive ketones (excluding diaryl/α,β-unsaturated/α-hetero) is 1. The Kier molecular flexibility index (Phi) is 4.25. The Labute approximate surface area is 201 Å². The van der Waals surface area contributed by atoms with E-state index in [-0.39, 0.29) is 5.78 Å². The predicted molar refractivity (Wildman–Crippen MR) is 140 cm³/mol. The van der Waals surface area contributed by atoms with Crippen LogP contribution in [0.4, 0.5) is 0 Å². The average Bonchev–Trinajstić information content (AvgIpc) is 3.30. The first-order valence-electron chi connectivity index (χ1n) is 9.71. The molecule has 0 fully saturated rings. The van der Waals surface area contributed by atoms with E-state index in [2.05, 4.69) is 130 Å². The van der Waals surface area contributed by atoms with Gasteiger partial charge < -0.3 is 0 Å². The molecule has 4 aromatic carbocycles. The summed E-state index contributed by atoms with van der Waals surface area (Å²) in [4.78, 5) is 13.9. The van der Waals surface area contributed by atoms with E-state index >= 15 is 0 Å². The highest BCUT2D eigenvalue weighted by Gasteiger charge is 2.29. The third-order valence-corrected chi connectivity index (χ3v) is 7.34. The molecule has 1 nitrogen and oxygen atoms in total. The van der Waals surface area contributed by atoms with E-state index in [4.69, 9.17) is 0 Å².